The molecule has 1 aliphatic rings. The second kappa shape index (κ2) is 8.74. The first-order valence-electron chi connectivity index (χ1n) is 8.83. The molecule has 2 heterocycles. The zero-order chi connectivity index (χ0) is 21.9. The molecule has 0 radical (unpaired) electrons. The van der Waals surface area contributed by atoms with E-state index in [2.05, 4.69) is 10.3 Å². The van der Waals surface area contributed by atoms with Crippen LogP contribution in [0.15, 0.2) is 40.0 Å². The standard InChI is InChI=1S/C19H16F3N3O4S/c1-2-15-23-14(19(20,21)22)10-16(26)25(15)7-8-29-12-5-3-11(4-6-12)9-13-17(27)24-18(28)30-13/h3-6,9-10H,2,7-8H2,1H3,(H,24,27,28)/b13-9-. The topological polar surface area (TPSA) is 90.3 Å². The maximum absolute atomic E-state index is 12.8. The highest BCUT2D eigenvalue weighted by Gasteiger charge is 2.33. The third kappa shape index (κ3) is 5.09. The summed E-state index contributed by atoms with van der Waals surface area (Å²) in [6.45, 7) is 1.70. The Morgan fingerprint density at radius 1 is 1.20 bits per heavy atom. The highest BCUT2D eigenvalue weighted by Crippen LogP contribution is 2.27. The second-order valence-electron chi connectivity index (χ2n) is 6.17. The molecule has 30 heavy (non-hydrogen) atoms. The first-order valence-corrected chi connectivity index (χ1v) is 9.64. The molecule has 0 bridgehead atoms. The molecule has 1 N–H and O–H groups in total. The summed E-state index contributed by atoms with van der Waals surface area (Å²) < 4.78 is 45.1. The maximum Gasteiger partial charge on any atom is 0.433 e. The van der Waals surface area contributed by atoms with Crippen LogP contribution in [0, 0.1) is 0 Å². The number of halogens is 3. The number of amides is 2. The van der Waals surface area contributed by atoms with E-state index in [1.807, 2.05) is 0 Å². The van der Waals surface area contributed by atoms with Gasteiger partial charge in [-0.15, -0.1) is 0 Å². The minimum Gasteiger partial charge on any atom is -0.492 e. The van der Waals surface area contributed by atoms with Gasteiger partial charge in [-0.2, -0.15) is 13.2 Å². The number of aromatic nitrogens is 2. The summed E-state index contributed by atoms with van der Waals surface area (Å²) in [5, 5.41) is 1.74. The van der Waals surface area contributed by atoms with Gasteiger partial charge in [0.05, 0.1) is 11.4 Å². The van der Waals surface area contributed by atoms with Crippen molar-refractivity contribution in [3.05, 3.63) is 62.7 Å². The van der Waals surface area contributed by atoms with Gasteiger partial charge >= 0.3 is 6.18 Å². The Hall–Kier alpha value is -3.08. The molecule has 2 amide bonds. The molecule has 158 valence electrons. The van der Waals surface area contributed by atoms with Gasteiger partial charge in [0.25, 0.3) is 16.7 Å². The summed E-state index contributed by atoms with van der Waals surface area (Å²) in [6.07, 6.45) is -2.95. The van der Waals surface area contributed by atoms with Crippen molar-refractivity contribution in [2.24, 2.45) is 0 Å². The number of aryl methyl sites for hydroxylation is 1. The third-order valence-electron chi connectivity index (χ3n) is 4.10. The van der Waals surface area contributed by atoms with E-state index in [-0.39, 0.29) is 30.3 Å². The number of carbonyl (C=O) groups excluding carboxylic acids is 2. The summed E-state index contributed by atoms with van der Waals surface area (Å²) in [7, 11) is 0. The van der Waals surface area contributed by atoms with Crippen LogP contribution in [0.5, 0.6) is 5.75 Å². The first kappa shape index (κ1) is 21.6. The SMILES string of the molecule is CCc1nc(C(F)(F)F)cc(=O)n1CCOc1ccc(/C=C2\SC(=O)NC2=O)cc1. The number of alkyl halides is 3. The predicted octanol–water partition coefficient (Wildman–Crippen LogP) is 3.23. The molecule has 0 spiro atoms. The fourth-order valence-electron chi connectivity index (χ4n) is 2.70. The van der Waals surface area contributed by atoms with Crippen LogP contribution in [0.1, 0.15) is 24.0 Å². The average Bonchev–Trinajstić information content (AvgIpc) is 3.00. The van der Waals surface area contributed by atoms with E-state index in [0.29, 0.717) is 17.4 Å². The number of rotatable bonds is 6. The van der Waals surface area contributed by atoms with Crippen molar-refractivity contribution in [1.29, 1.82) is 0 Å². The minimum atomic E-state index is -4.68. The first-order chi connectivity index (χ1) is 14.2. The van der Waals surface area contributed by atoms with Crippen LogP contribution in [0.4, 0.5) is 18.0 Å². The molecule has 0 unspecified atom stereocenters. The molecule has 11 heteroatoms. The fraction of sp³-hybridized carbons (Fsp3) is 0.263. The third-order valence-corrected chi connectivity index (χ3v) is 4.91. The number of nitrogens with one attached hydrogen (secondary N) is 1. The molecule has 1 aromatic carbocycles. The molecule has 7 nitrogen and oxygen atoms in total. The van der Waals surface area contributed by atoms with Crippen molar-refractivity contribution in [1.82, 2.24) is 14.9 Å². The van der Waals surface area contributed by atoms with Crippen molar-refractivity contribution in [2.45, 2.75) is 26.1 Å². The summed E-state index contributed by atoms with van der Waals surface area (Å²) >= 11 is 0.813. The predicted molar refractivity (Wildman–Crippen MR) is 104 cm³/mol. The number of hydrogen-bond donors (Lipinski definition) is 1. The molecule has 0 atom stereocenters. The number of ether oxygens (including phenoxy) is 1. The molecule has 0 aliphatic carbocycles. The summed E-state index contributed by atoms with van der Waals surface area (Å²) in [5.74, 6) is 0.0534. The van der Waals surface area contributed by atoms with Gasteiger partial charge in [0, 0.05) is 12.5 Å². The molecular formula is C19H16F3N3O4S. The largest absolute Gasteiger partial charge is 0.492 e. The Labute approximate surface area is 172 Å². The Balaban J connectivity index is 1.64. The molecule has 1 fully saturated rings. The van der Waals surface area contributed by atoms with Crippen LogP contribution < -0.4 is 15.6 Å². The summed E-state index contributed by atoms with van der Waals surface area (Å²) in [6, 6.07) is 7.12. The molecule has 1 aromatic heterocycles. The van der Waals surface area contributed by atoms with E-state index in [1.165, 1.54) is 0 Å². The monoisotopic (exact) mass is 439 g/mol. The number of benzene rings is 1. The van der Waals surface area contributed by atoms with Gasteiger partial charge in [0.15, 0.2) is 5.69 Å². The smallest absolute Gasteiger partial charge is 0.433 e. The zero-order valence-electron chi connectivity index (χ0n) is 15.7. The normalized spacial score (nSPS) is 15.5. The van der Waals surface area contributed by atoms with Crippen LogP contribution in [-0.4, -0.2) is 27.3 Å². The van der Waals surface area contributed by atoms with E-state index >= 15 is 0 Å². The van der Waals surface area contributed by atoms with Crippen molar-refractivity contribution in [3.63, 3.8) is 0 Å². The Bertz CT molecular complexity index is 1060. The number of thioether (sulfide) groups is 1. The second-order valence-corrected chi connectivity index (χ2v) is 7.18. The molecule has 1 aliphatic heterocycles. The van der Waals surface area contributed by atoms with Crippen molar-refractivity contribution < 1.29 is 27.5 Å². The van der Waals surface area contributed by atoms with Crippen LogP contribution in [0.25, 0.3) is 6.08 Å². The van der Waals surface area contributed by atoms with Gasteiger partial charge in [-0.05, 0) is 35.5 Å². The lowest BCUT2D eigenvalue weighted by atomic mass is 10.2. The van der Waals surface area contributed by atoms with E-state index in [4.69, 9.17) is 4.74 Å². The number of nitrogens with zero attached hydrogens (tertiary/aromatic N) is 2. The van der Waals surface area contributed by atoms with E-state index in [9.17, 15) is 27.6 Å². The van der Waals surface area contributed by atoms with Crippen LogP contribution in [-0.2, 0) is 23.9 Å². The molecule has 2 aromatic rings. The zero-order valence-corrected chi connectivity index (χ0v) is 16.5. The maximum atomic E-state index is 12.8. The Morgan fingerprint density at radius 3 is 2.47 bits per heavy atom. The van der Waals surface area contributed by atoms with Gasteiger partial charge in [-0.1, -0.05) is 19.1 Å². The molecular weight excluding hydrogens is 423 g/mol. The van der Waals surface area contributed by atoms with Crippen LogP contribution >= 0.6 is 11.8 Å². The molecule has 3 rings (SSSR count). The highest BCUT2D eigenvalue weighted by molar-refractivity contribution is 8.18. The van der Waals surface area contributed by atoms with E-state index in [0.717, 1.165) is 16.3 Å². The van der Waals surface area contributed by atoms with E-state index < -0.39 is 28.6 Å². The van der Waals surface area contributed by atoms with Crippen LogP contribution in [0.2, 0.25) is 0 Å². The van der Waals surface area contributed by atoms with Gasteiger partial charge in [-0.25, -0.2) is 4.98 Å². The van der Waals surface area contributed by atoms with Gasteiger partial charge in [0.2, 0.25) is 0 Å². The van der Waals surface area contributed by atoms with E-state index in [1.54, 1.807) is 37.3 Å². The number of carbonyl (C=O) groups is 2. The average molecular weight is 439 g/mol. The summed E-state index contributed by atoms with van der Waals surface area (Å²) in [5.41, 5.74) is -1.31. The van der Waals surface area contributed by atoms with Crippen molar-refractivity contribution in [3.8, 4) is 5.75 Å². The Morgan fingerprint density at radius 2 is 1.90 bits per heavy atom. The lowest BCUT2D eigenvalue weighted by Crippen LogP contribution is -2.29. The van der Waals surface area contributed by atoms with Gasteiger partial charge in [0.1, 0.15) is 18.2 Å². The lowest BCUT2D eigenvalue weighted by molar-refractivity contribution is -0.141. The lowest BCUT2D eigenvalue weighted by Gasteiger charge is -2.14. The number of hydrogen-bond acceptors (Lipinski definition) is 6. The molecule has 1 saturated heterocycles. The molecule has 0 saturated carbocycles. The quantitative estimate of drug-likeness (QED) is 0.695. The van der Waals surface area contributed by atoms with Crippen molar-refractivity contribution in [2.75, 3.05) is 6.61 Å². The van der Waals surface area contributed by atoms with Gasteiger partial charge in [-0.3, -0.25) is 24.3 Å². The Kier molecular flexibility index (Phi) is 6.30. The fourth-order valence-corrected chi connectivity index (χ4v) is 3.38. The summed E-state index contributed by atoms with van der Waals surface area (Å²) in [4.78, 5) is 38.6. The highest BCUT2D eigenvalue weighted by atomic mass is 32.2. The van der Waals surface area contributed by atoms with Crippen LogP contribution in [0.3, 0.4) is 0 Å². The number of imide groups is 1. The van der Waals surface area contributed by atoms with Gasteiger partial charge < -0.3 is 4.74 Å². The minimum absolute atomic E-state index is 0.0299. The van der Waals surface area contributed by atoms with Crippen molar-refractivity contribution >= 4 is 29.0 Å².